The van der Waals surface area contributed by atoms with Gasteiger partial charge in [0.05, 0.1) is 17.8 Å². The van der Waals surface area contributed by atoms with E-state index in [-0.39, 0.29) is 5.92 Å². The first-order valence-corrected chi connectivity index (χ1v) is 3.54. The van der Waals surface area contributed by atoms with E-state index in [1.54, 1.807) is 6.20 Å². The number of carboxylic acids is 1. The standard InChI is InChI=1S/C7H8N2O2/c10-7(11)5-2-1-4-3-8-9-6(4)5/h3,5H,1-2H2,(H,8,9)(H,10,11). The van der Waals surface area contributed by atoms with Gasteiger partial charge in [-0.2, -0.15) is 5.10 Å². The van der Waals surface area contributed by atoms with Gasteiger partial charge in [0.2, 0.25) is 0 Å². The summed E-state index contributed by atoms with van der Waals surface area (Å²) < 4.78 is 0. The molecule has 2 N–H and O–H groups in total. The lowest BCUT2D eigenvalue weighted by atomic mass is 10.1. The van der Waals surface area contributed by atoms with Gasteiger partial charge in [-0.05, 0) is 18.4 Å². The van der Waals surface area contributed by atoms with Crippen LogP contribution in [0.1, 0.15) is 23.6 Å². The minimum absolute atomic E-state index is 0.354. The Balaban J connectivity index is 2.38. The predicted octanol–water partition coefficient (Wildman–Crippen LogP) is 0.524. The highest BCUT2D eigenvalue weighted by Crippen LogP contribution is 2.30. The summed E-state index contributed by atoms with van der Waals surface area (Å²) in [6.45, 7) is 0. The lowest BCUT2D eigenvalue weighted by molar-refractivity contribution is -0.138. The smallest absolute Gasteiger partial charge is 0.312 e. The van der Waals surface area contributed by atoms with Gasteiger partial charge < -0.3 is 5.11 Å². The molecule has 1 unspecified atom stereocenters. The number of aliphatic carboxylic acids is 1. The van der Waals surface area contributed by atoms with Crippen LogP contribution < -0.4 is 0 Å². The highest BCUT2D eigenvalue weighted by molar-refractivity contribution is 5.76. The summed E-state index contributed by atoms with van der Waals surface area (Å²) in [6.07, 6.45) is 3.25. The van der Waals surface area contributed by atoms with Crippen molar-refractivity contribution >= 4 is 5.97 Å². The summed E-state index contributed by atoms with van der Waals surface area (Å²) in [5, 5.41) is 15.2. The number of fused-ring (bicyclic) bond motifs is 1. The summed E-state index contributed by atoms with van der Waals surface area (Å²) in [5.41, 5.74) is 1.84. The molecule has 0 amide bonds. The second kappa shape index (κ2) is 2.08. The molecule has 0 spiro atoms. The van der Waals surface area contributed by atoms with Crippen LogP contribution in [0, 0.1) is 0 Å². The van der Waals surface area contributed by atoms with Gasteiger partial charge in [-0.15, -0.1) is 0 Å². The molecule has 0 saturated carbocycles. The number of aryl methyl sites for hydroxylation is 1. The average Bonchev–Trinajstić information content (AvgIpc) is 2.41. The van der Waals surface area contributed by atoms with Crippen molar-refractivity contribution in [1.82, 2.24) is 10.2 Å². The number of hydrogen-bond acceptors (Lipinski definition) is 2. The number of aromatic nitrogens is 2. The molecule has 0 bridgehead atoms. The van der Waals surface area contributed by atoms with Crippen molar-refractivity contribution in [1.29, 1.82) is 0 Å². The number of hydrogen-bond donors (Lipinski definition) is 2. The fraction of sp³-hybridized carbons (Fsp3) is 0.429. The summed E-state index contributed by atoms with van der Waals surface area (Å²) >= 11 is 0. The normalized spacial score (nSPS) is 21.6. The van der Waals surface area contributed by atoms with Crippen molar-refractivity contribution in [3.8, 4) is 0 Å². The SMILES string of the molecule is O=C(O)C1CCc2cn[nH]c21. The van der Waals surface area contributed by atoms with Crippen LogP contribution in [0.5, 0.6) is 0 Å². The van der Waals surface area contributed by atoms with Crippen molar-refractivity contribution in [2.24, 2.45) is 0 Å². The maximum absolute atomic E-state index is 10.6. The second-order valence-electron chi connectivity index (χ2n) is 2.74. The molecule has 1 aromatic heterocycles. The third-order valence-electron chi connectivity index (χ3n) is 2.10. The molecule has 1 aliphatic rings. The number of carboxylic acid groups (broad SMARTS) is 1. The quantitative estimate of drug-likeness (QED) is 0.616. The fourth-order valence-corrected chi connectivity index (χ4v) is 1.51. The lowest BCUT2D eigenvalue weighted by Gasteiger charge is -2.00. The molecule has 4 heteroatoms. The van der Waals surface area contributed by atoms with Crippen molar-refractivity contribution < 1.29 is 9.90 Å². The zero-order valence-corrected chi connectivity index (χ0v) is 5.87. The third kappa shape index (κ3) is 0.824. The number of H-pyrrole nitrogens is 1. The molecule has 1 atom stereocenters. The molecule has 2 rings (SSSR count). The van der Waals surface area contributed by atoms with Crippen LogP contribution >= 0.6 is 0 Å². The first-order chi connectivity index (χ1) is 5.29. The van der Waals surface area contributed by atoms with E-state index in [1.807, 2.05) is 0 Å². The van der Waals surface area contributed by atoms with Gasteiger partial charge in [0.1, 0.15) is 0 Å². The Morgan fingerprint density at radius 1 is 1.82 bits per heavy atom. The molecule has 0 aromatic carbocycles. The van der Waals surface area contributed by atoms with Crippen LogP contribution in [0.2, 0.25) is 0 Å². The molecular weight excluding hydrogens is 144 g/mol. The Kier molecular flexibility index (Phi) is 1.21. The van der Waals surface area contributed by atoms with Gasteiger partial charge in [-0.3, -0.25) is 9.89 Å². The van der Waals surface area contributed by atoms with E-state index in [0.29, 0.717) is 6.42 Å². The van der Waals surface area contributed by atoms with E-state index in [4.69, 9.17) is 5.11 Å². The second-order valence-corrected chi connectivity index (χ2v) is 2.74. The van der Waals surface area contributed by atoms with E-state index < -0.39 is 5.97 Å². The van der Waals surface area contributed by atoms with Gasteiger partial charge in [0, 0.05) is 0 Å². The molecule has 0 radical (unpaired) electrons. The summed E-state index contributed by atoms with van der Waals surface area (Å²) in [4.78, 5) is 10.6. The van der Waals surface area contributed by atoms with Crippen LogP contribution in [0.15, 0.2) is 6.20 Å². The topological polar surface area (TPSA) is 66.0 Å². The Bertz CT molecular complexity index is 292. The Hall–Kier alpha value is -1.32. The van der Waals surface area contributed by atoms with E-state index >= 15 is 0 Å². The van der Waals surface area contributed by atoms with E-state index in [2.05, 4.69) is 10.2 Å². The molecular formula is C7H8N2O2. The van der Waals surface area contributed by atoms with Gasteiger partial charge in [0.25, 0.3) is 0 Å². The first kappa shape index (κ1) is 6.39. The van der Waals surface area contributed by atoms with Crippen LogP contribution in [-0.4, -0.2) is 21.3 Å². The molecule has 11 heavy (non-hydrogen) atoms. The third-order valence-corrected chi connectivity index (χ3v) is 2.10. The molecule has 0 fully saturated rings. The van der Waals surface area contributed by atoms with Crippen molar-refractivity contribution in [3.05, 3.63) is 17.5 Å². The zero-order chi connectivity index (χ0) is 7.84. The largest absolute Gasteiger partial charge is 0.481 e. The monoisotopic (exact) mass is 152 g/mol. The minimum Gasteiger partial charge on any atom is -0.481 e. The lowest BCUT2D eigenvalue weighted by Crippen LogP contribution is -2.08. The highest BCUT2D eigenvalue weighted by Gasteiger charge is 2.29. The summed E-state index contributed by atoms with van der Waals surface area (Å²) in [5.74, 6) is -1.11. The highest BCUT2D eigenvalue weighted by atomic mass is 16.4. The molecule has 1 aliphatic carbocycles. The number of aromatic amines is 1. The van der Waals surface area contributed by atoms with Gasteiger partial charge in [0.15, 0.2) is 0 Å². The van der Waals surface area contributed by atoms with Gasteiger partial charge in [-0.1, -0.05) is 0 Å². The first-order valence-electron chi connectivity index (χ1n) is 3.54. The molecule has 1 aromatic rings. The number of nitrogens with zero attached hydrogens (tertiary/aromatic N) is 1. The number of carbonyl (C=O) groups is 1. The zero-order valence-electron chi connectivity index (χ0n) is 5.87. The van der Waals surface area contributed by atoms with E-state index in [1.165, 1.54) is 0 Å². The fourth-order valence-electron chi connectivity index (χ4n) is 1.51. The Morgan fingerprint density at radius 3 is 3.36 bits per heavy atom. The molecule has 1 heterocycles. The summed E-state index contributed by atoms with van der Waals surface area (Å²) in [6, 6.07) is 0. The average molecular weight is 152 g/mol. The molecule has 0 saturated heterocycles. The van der Waals surface area contributed by atoms with Crippen LogP contribution in [0.25, 0.3) is 0 Å². The van der Waals surface area contributed by atoms with Crippen LogP contribution in [0.3, 0.4) is 0 Å². The van der Waals surface area contributed by atoms with E-state index in [9.17, 15) is 4.79 Å². The minimum atomic E-state index is -0.756. The Labute approximate surface area is 63.2 Å². The molecule has 58 valence electrons. The maximum Gasteiger partial charge on any atom is 0.312 e. The molecule has 0 aliphatic heterocycles. The number of nitrogens with one attached hydrogen (secondary N) is 1. The van der Waals surface area contributed by atoms with Crippen LogP contribution in [0.4, 0.5) is 0 Å². The van der Waals surface area contributed by atoms with Gasteiger partial charge in [-0.25, -0.2) is 0 Å². The van der Waals surface area contributed by atoms with Gasteiger partial charge >= 0.3 is 5.97 Å². The summed E-state index contributed by atoms with van der Waals surface area (Å²) in [7, 11) is 0. The van der Waals surface area contributed by atoms with E-state index in [0.717, 1.165) is 17.7 Å². The van der Waals surface area contributed by atoms with Crippen molar-refractivity contribution in [2.75, 3.05) is 0 Å². The Morgan fingerprint density at radius 2 is 2.64 bits per heavy atom. The number of rotatable bonds is 1. The molecule has 4 nitrogen and oxygen atoms in total. The predicted molar refractivity (Wildman–Crippen MR) is 37.3 cm³/mol. The maximum atomic E-state index is 10.6. The van der Waals surface area contributed by atoms with Crippen molar-refractivity contribution in [2.45, 2.75) is 18.8 Å². The van der Waals surface area contributed by atoms with Crippen LogP contribution in [-0.2, 0) is 11.2 Å². The van der Waals surface area contributed by atoms with Crippen molar-refractivity contribution in [3.63, 3.8) is 0 Å².